The molecule has 5 nitrogen and oxygen atoms in total. The smallest absolute Gasteiger partial charge is 0.251 e. The second-order valence-corrected chi connectivity index (χ2v) is 9.24. The fourth-order valence-corrected chi connectivity index (χ4v) is 4.65. The van der Waals surface area contributed by atoms with Crippen LogP contribution in [-0.4, -0.2) is 31.7 Å². The monoisotopic (exact) mass is 398 g/mol. The number of hydrogen-bond donors (Lipinski definition) is 1. The molecule has 3 rings (SSSR count). The van der Waals surface area contributed by atoms with Crippen molar-refractivity contribution in [2.75, 3.05) is 18.4 Å². The second-order valence-electron chi connectivity index (χ2n) is 7.30. The lowest BCUT2D eigenvalue weighted by atomic mass is 10.0. The van der Waals surface area contributed by atoms with E-state index >= 15 is 0 Å². The summed E-state index contributed by atoms with van der Waals surface area (Å²) in [7, 11) is -3.48. The van der Waals surface area contributed by atoms with Crippen molar-refractivity contribution >= 4 is 27.7 Å². The molecule has 1 aliphatic heterocycles. The summed E-state index contributed by atoms with van der Waals surface area (Å²) < 4.78 is 27.1. The van der Waals surface area contributed by atoms with E-state index < -0.39 is 10.0 Å². The number of carbonyl (C=O) groups excluding carboxylic acids is 1. The van der Waals surface area contributed by atoms with Gasteiger partial charge < -0.3 is 5.32 Å². The molecule has 0 aliphatic carbocycles. The molecule has 1 N–H and O–H groups in total. The van der Waals surface area contributed by atoms with E-state index in [2.05, 4.69) is 12.2 Å². The van der Waals surface area contributed by atoms with Gasteiger partial charge in [0.15, 0.2) is 0 Å². The van der Waals surface area contributed by atoms with Gasteiger partial charge in [0.25, 0.3) is 5.91 Å². The third-order valence-electron chi connectivity index (χ3n) is 5.03. The lowest BCUT2D eigenvalue weighted by Gasteiger charge is -2.29. The van der Waals surface area contributed by atoms with Crippen LogP contribution < -0.4 is 5.32 Å². The predicted octanol–water partition coefficient (Wildman–Crippen LogP) is 4.15. The molecule has 28 heavy (non-hydrogen) atoms. The molecule has 0 saturated carbocycles. The Morgan fingerprint density at radius 3 is 2.25 bits per heavy atom. The number of anilines is 1. The van der Waals surface area contributed by atoms with Crippen molar-refractivity contribution in [3.8, 4) is 0 Å². The summed E-state index contributed by atoms with van der Waals surface area (Å²) in [5.74, 6) is 0.348. The Hall–Kier alpha value is -2.44. The standard InChI is InChI=1S/C22H26N2O3S/c1-17-12-14-24(15-13-17)28(26,27)21-10-8-20(9-11-21)23-22(25)18(2)16-19-6-4-3-5-7-19/h3-11,16-17H,12-15H2,1-2H3,(H,23,25). The molecule has 1 fully saturated rings. The minimum absolute atomic E-state index is 0.218. The van der Waals surface area contributed by atoms with E-state index in [0.29, 0.717) is 30.3 Å². The molecule has 1 aliphatic rings. The predicted molar refractivity (Wildman–Crippen MR) is 112 cm³/mol. The van der Waals surface area contributed by atoms with Gasteiger partial charge in [-0.05, 0) is 61.6 Å². The van der Waals surface area contributed by atoms with Crippen LogP contribution in [-0.2, 0) is 14.8 Å². The second kappa shape index (κ2) is 8.71. The van der Waals surface area contributed by atoms with Crippen molar-refractivity contribution < 1.29 is 13.2 Å². The summed E-state index contributed by atoms with van der Waals surface area (Å²) in [4.78, 5) is 12.6. The maximum atomic E-state index is 12.8. The molecule has 2 aromatic rings. The van der Waals surface area contributed by atoms with Gasteiger partial charge >= 0.3 is 0 Å². The number of piperidine rings is 1. The van der Waals surface area contributed by atoms with Crippen molar-refractivity contribution in [1.82, 2.24) is 4.31 Å². The summed E-state index contributed by atoms with van der Waals surface area (Å²) in [5, 5.41) is 2.81. The number of amides is 1. The van der Waals surface area contributed by atoms with E-state index in [0.717, 1.165) is 18.4 Å². The van der Waals surface area contributed by atoms with Gasteiger partial charge in [0.05, 0.1) is 4.90 Å². The molecular weight excluding hydrogens is 372 g/mol. The molecule has 2 aromatic carbocycles. The number of nitrogens with zero attached hydrogens (tertiary/aromatic N) is 1. The van der Waals surface area contributed by atoms with Gasteiger partial charge in [0.2, 0.25) is 10.0 Å². The van der Waals surface area contributed by atoms with Crippen molar-refractivity contribution in [3.63, 3.8) is 0 Å². The number of carbonyl (C=O) groups is 1. The number of benzene rings is 2. The Labute approximate surface area is 167 Å². The highest BCUT2D eigenvalue weighted by atomic mass is 32.2. The molecule has 0 spiro atoms. The molecule has 1 amide bonds. The molecule has 0 bridgehead atoms. The zero-order valence-electron chi connectivity index (χ0n) is 16.3. The zero-order chi connectivity index (χ0) is 20.1. The van der Waals surface area contributed by atoms with Crippen LogP contribution in [0.2, 0.25) is 0 Å². The van der Waals surface area contributed by atoms with Crippen molar-refractivity contribution in [2.45, 2.75) is 31.6 Å². The normalized spacial score (nSPS) is 16.7. The summed E-state index contributed by atoms with van der Waals surface area (Å²) in [6, 6.07) is 16.0. The van der Waals surface area contributed by atoms with E-state index in [-0.39, 0.29) is 10.8 Å². The highest BCUT2D eigenvalue weighted by Crippen LogP contribution is 2.24. The highest BCUT2D eigenvalue weighted by Gasteiger charge is 2.27. The van der Waals surface area contributed by atoms with E-state index in [1.165, 1.54) is 0 Å². The van der Waals surface area contributed by atoms with Crippen LogP contribution in [0.1, 0.15) is 32.3 Å². The Kier molecular flexibility index (Phi) is 6.31. The quantitative estimate of drug-likeness (QED) is 0.770. The van der Waals surface area contributed by atoms with Crippen molar-refractivity contribution in [3.05, 3.63) is 65.7 Å². The van der Waals surface area contributed by atoms with Gasteiger partial charge in [-0.15, -0.1) is 0 Å². The number of hydrogen-bond acceptors (Lipinski definition) is 3. The third-order valence-corrected chi connectivity index (χ3v) is 6.95. The van der Waals surface area contributed by atoms with Crippen LogP contribution in [0, 0.1) is 5.92 Å². The summed E-state index contributed by atoms with van der Waals surface area (Å²) in [6.07, 6.45) is 3.59. The summed E-state index contributed by atoms with van der Waals surface area (Å²) in [5.41, 5.74) is 2.09. The first-order chi connectivity index (χ1) is 13.4. The first-order valence-electron chi connectivity index (χ1n) is 9.51. The Bertz CT molecular complexity index is 943. The number of sulfonamides is 1. The molecule has 0 aromatic heterocycles. The molecule has 1 heterocycles. The van der Waals surface area contributed by atoms with E-state index in [9.17, 15) is 13.2 Å². The molecule has 148 valence electrons. The zero-order valence-corrected chi connectivity index (χ0v) is 17.1. The number of rotatable bonds is 5. The molecule has 1 saturated heterocycles. The SMILES string of the molecule is CC(=Cc1ccccc1)C(=O)Nc1ccc(S(=O)(=O)N2CCC(C)CC2)cc1. The van der Waals surface area contributed by atoms with Crippen LogP contribution in [0.4, 0.5) is 5.69 Å². The lowest BCUT2D eigenvalue weighted by Crippen LogP contribution is -2.37. The fraction of sp³-hybridized carbons (Fsp3) is 0.318. The lowest BCUT2D eigenvalue weighted by molar-refractivity contribution is -0.112. The third kappa shape index (κ3) is 4.88. The van der Waals surface area contributed by atoms with Gasteiger partial charge in [-0.1, -0.05) is 37.3 Å². The van der Waals surface area contributed by atoms with Crippen LogP contribution in [0.5, 0.6) is 0 Å². The van der Waals surface area contributed by atoms with Crippen molar-refractivity contribution in [2.24, 2.45) is 5.92 Å². The summed E-state index contributed by atoms with van der Waals surface area (Å²) >= 11 is 0. The van der Waals surface area contributed by atoms with Gasteiger partial charge in [0, 0.05) is 24.4 Å². The average molecular weight is 399 g/mol. The van der Waals surface area contributed by atoms with E-state index in [1.54, 1.807) is 35.5 Å². The Morgan fingerprint density at radius 1 is 1.04 bits per heavy atom. The molecule has 6 heteroatoms. The molecular formula is C22H26N2O3S. The van der Waals surface area contributed by atoms with E-state index in [4.69, 9.17) is 0 Å². The highest BCUT2D eigenvalue weighted by molar-refractivity contribution is 7.89. The van der Waals surface area contributed by atoms with Gasteiger partial charge in [-0.25, -0.2) is 8.42 Å². The van der Waals surface area contributed by atoms with Crippen LogP contribution >= 0.6 is 0 Å². The Balaban J connectivity index is 1.67. The fourth-order valence-electron chi connectivity index (χ4n) is 3.18. The van der Waals surface area contributed by atoms with Gasteiger partial charge in [-0.3, -0.25) is 4.79 Å². The molecule has 0 atom stereocenters. The Morgan fingerprint density at radius 2 is 1.64 bits per heavy atom. The van der Waals surface area contributed by atoms with Gasteiger partial charge in [0.1, 0.15) is 0 Å². The first kappa shape index (κ1) is 20.3. The van der Waals surface area contributed by atoms with E-state index in [1.807, 2.05) is 36.4 Å². The van der Waals surface area contributed by atoms with Crippen LogP contribution in [0.3, 0.4) is 0 Å². The maximum Gasteiger partial charge on any atom is 0.251 e. The average Bonchev–Trinajstić information content (AvgIpc) is 2.69. The largest absolute Gasteiger partial charge is 0.322 e. The van der Waals surface area contributed by atoms with Crippen LogP contribution in [0.25, 0.3) is 6.08 Å². The number of nitrogens with one attached hydrogen (secondary N) is 1. The minimum atomic E-state index is -3.48. The maximum absolute atomic E-state index is 12.8. The molecule has 0 radical (unpaired) electrons. The minimum Gasteiger partial charge on any atom is -0.322 e. The summed E-state index contributed by atoms with van der Waals surface area (Å²) in [6.45, 7) is 5.02. The first-order valence-corrected chi connectivity index (χ1v) is 10.9. The van der Waals surface area contributed by atoms with Crippen molar-refractivity contribution in [1.29, 1.82) is 0 Å². The topological polar surface area (TPSA) is 66.5 Å². The van der Waals surface area contributed by atoms with Crippen LogP contribution in [0.15, 0.2) is 65.1 Å². The molecule has 0 unspecified atom stereocenters. The van der Waals surface area contributed by atoms with Gasteiger partial charge in [-0.2, -0.15) is 4.31 Å².